The molecule has 1 aliphatic heterocycles. The molecular weight excluding hydrogens is 690 g/mol. The Kier molecular flexibility index (Phi) is 28.8. The summed E-state index contributed by atoms with van der Waals surface area (Å²) in [5, 5.41) is 44.4. The van der Waals surface area contributed by atoms with E-state index in [1.165, 1.54) is 96.3 Å². The van der Waals surface area contributed by atoms with Gasteiger partial charge < -0.3 is 35.2 Å². The Bertz CT molecular complexity index is 1040. The number of unbranched alkanes of at least 4 members (excludes halogenated alkanes) is 19. The number of amides is 1. The van der Waals surface area contributed by atoms with E-state index in [4.69, 9.17) is 14.0 Å². The number of carbonyl (C=O) groups excluding carboxylic acids is 1. The monoisotopic (exact) mass is 763 g/mol. The zero-order valence-electron chi connectivity index (χ0n) is 32.1. The fraction of sp³-hybridized carbons (Fsp3) is 0.872. The van der Waals surface area contributed by atoms with Crippen LogP contribution in [0, 0.1) is 0 Å². The molecule has 0 aromatic carbocycles. The van der Waals surface area contributed by atoms with E-state index in [1.54, 1.807) is 6.08 Å². The van der Waals surface area contributed by atoms with Crippen LogP contribution in [-0.2, 0) is 28.9 Å². The third-order valence-electron chi connectivity index (χ3n) is 9.48. The molecule has 1 aliphatic rings. The maximum Gasteiger partial charge on any atom is 0.397 e. The Morgan fingerprint density at radius 1 is 0.750 bits per heavy atom. The summed E-state index contributed by atoms with van der Waals surface area (Å²) in [7, 11) is -5.08. The second kappa shape index (κ2) is 30.9. The normalized spacial score (nSPS) is 22.3. The van der Waals surface area contributed by atoms with Crippen molar-refractivity contribution in [1.82, 2.24) is 5.32 Å². The second-order valence-corrected chi connectivity index (χ2v) is 15.3. The largest absolute Gasteiger partial charge is 0.397 e. The summed E-state index contributed by atoms with van der Waals surface area (Å²) < 4.78 is 47.3. The fourth-order valence-corrected chi connectivity index (χ4v) is 6.79. The van der Waals surface area contributed by atoms with Gasteiger partial charge in [0.25, 0.3) is 0 Å². The van der Waals surface area contributed by atoms with Gasteiger partial charge >= 0.3 is 10.4 Å². The van der Waals surface area contributed by atoms with Crippen molar-refractivity contribution in [3.8, 4) is 0 Å². The molecule has 1 amide bonds. The SMILES string of the molecule is CCCCCC/C=C\CCCC(=O)NC(COC1OC(CO)C(O)C(OS(=O)(=O)O)C1O)C(O)/C=C/CCCCCCCCCCCCCCCC. The van der Waals surface area contributed by atoms with Crippen LogP contribution in [0.3, 0.4) is 0 Å². The summed E-state index contributed by atoms with van der Waals surface area (Å²) in [5.41, 5.74) is 0. The van der Waals surface area contributed by atoms with Crippen molar-refractivity contribution in [2.75, 3.05) is 13.2 Å². The lowest BCUT2D eigenvalue weighted by Gasteiger charge is -2.41. The van der Waals surface area contributed by atoms with E-state index in [-0.39, 0.29) is 18.9 Å². The van der Waals surface area contributed by atoms with Crippen LogP contribution in [0.1, 0.15) is 162 Å². The molecule has 0 radical (unpaired) electrons. The molecule has 306 valence electrons. The predicted molar refractivity (Wildman–Crippen MR) is 204 cm³/mol. The molecule has 13 heteroatoms. The zero-order valence-corrected chi connectivity index (χ0v) is 32.9. The van der Waals surface area contributed by atoms with Gasteiger partial charge in [0, 0.05) is 6.42 Å². The molecule has 7 atom stereocenters. The lowest BCUT2D eigenvalue weighted by atomic mass is 9.99. The third-order valence-corrected chi connectivity index (χ3v) is 9.94. The van der Waals surface area contributed by atoms with Crippen molar-refractivity contribution in [3.63, 3.8) is 0 Å². The first-order valence-corrected chi connectivity index (χ1v) is 21.6. The number of hydrogen-bond donors (Lipinski definition) is 6. The van der Waals surface area contributed by atoms with E-state index in [9.17, 15) is 33.6 Å². The minimum atomic E-state index is -5.08. The number of carbonyl (C=O) groups is 1. The van der Waals surface area contributed by atoms with Crippen molar-refractivity contribution in [3.05, 3.63) is 24.3 Å². The summed E-state index contributed by atoms with van der Waals surface area (Å²) in [6.07, 6.45) is 23.9. The summed E-state index contributed by atoms with van der Waals surface area (Å²) in [6, 6.07) is -0.953. The Morgan fingerprint density at radius 3 is 1.75 bits per heavy atom. The Balaban J connectivity index is 2.61. The lowest BCUT2D eigenvalue weighted by molar-refractivity contribution is -0.298. The quantitative estimate of drug-likeness (QED) is 0.0240. The highest BCUT2D eigenvalue weighted by Crippen LogP contribution is 2.26. The van der Waals surface area contributed by atoms with E-state index < -0.39 is 59.9 Å². The van der Waals surface area contributed by atoms with Gasteiger partial charge in [-0.15, -0.1) is 0 Å². The average Bonchev–Trinajstić information content (AvgIpc) is 3.11. The molecule has 1 saturated heterocycles. The Hall–Kier alpha value is -1.42. The summed E-state index contributed by atoms with van der Waals surface area (Å²) in [5.74, 6) is -0.300. The van der Waals surface area contributed by atoms with E-state index in [0.29, 0.717) is 6.42 Å². The molecular formula is C39H73NO11S. The van der Waals surface area contributed by atoms with Gasteiger partial charge in [0.1, 0.15) is 24.4 Å². The Labute approximate surface area is 314 Å². The first-order valence-electron chi connectivity index (χ1n) is 20.2. The average molecular weight is 764 g/mol. The smallest absolute Gasteiger partial charge is 0.394 e. The van der Waals surface area contributed by atoms with Crippen LogP contribution in [0.15, 0.2) is 24.3 Å². The molecule has 0 aromatic rings. The van der Waals surface area contributed by atoms with Gasteiger partial charge in [0.05, 0.1) is 25.4 Å². The topological polar surface area (TPSA) is 192 Å². The highest BCUT2D eigenvalue weighted by molar-refractivity contribution is 7.80. The molecule has 1 rings (SSSR count). The van der Waals surface area contributed by atoms with Crippen LogP contribution < -0.4 is 5.32 Å². The van der Waals surface area contributed by atoms with Gasteiger partial charge in [-0.2, -0.15) is 8.42 Å². The molecule has 0 spiro atoms. The van der Waals surface area contributed by atoms with Gasteiger partial charge in [-0.1, -0.05) is 141 Å². The number of aliphatic hydroxyl groups excluding tert-OH is 4. The standard InChI is InChI=1S/C39H73NO11S/c1-3-5-7-9-11-13-14-15-16-17-18-19-21-22-24-26-28-33(42)32(40-35(43)29-27-25-23-20-12-10-8-6-4-2)31-49-39-37(45)38(51-52(46,47)48)36(44)34(30-41)50-39/h20,23,26,28,32-34,36-39,41-42,44-45H,3-19,21-22,24-25,27,29-31H2,1-2H3,(H,40,43)(H,46,47,48)/b23-20-,28-26+. The predicted octanol–water partition coefficient (Wildman–Crippen LogP) is 6.60. The highest BCUT2D eigenvalue weighted by Gasteiger charge is 2.48. The van der Waals surface area contributed by atoms with Gasteiger partial charge in [-0.3, -0.25) is 9.35 Å². The molecule has 0 aromatic heterocycles. The number of allylic oxidation sites excluding steroid dienone is 3. The van der Waals surface area contributed by atoms with Crippen molar-refractivity contribution in [1.29, 1.82) is 0 Å². The van der Waals surface area contributed by atoms with Crippen molar-refractivity contribution < 1.29 is 51.8 Å². The molecule has 0 bridgehead atoms. The van der Waals surface area contributed by atoms with Crippen LogP contribution in [0.2, 0.25) is 0 Å². The summed E-state index contributed by atoms with van der Waals surface area (Å²) in [4.78, 5) is 12.9. The first-order chi connectivity index (χ1) is 25.0. The molecule has 1 fully saturated rings. The molecule has 1 heterocycles. The van der Waals surface area contributed by atoms with Gasteiger partial charge in [-0.25, -0.2) is 4.18 Å². The zero-order chi connectivity index (χ0) is 38.5. The lowest BCUT2D eigenvalue weighted by Crippen LogP contribution is -2.61. The van der Waals surface area contributed by atoms with Gasteiger partial charge in [0.2, 0.25) is 5.91 Å². The number of ether oxygens (including phenoxy) is 2. The molecule has 0 saturated carbocycles. The maximum atomic E-state index is 12.9. The number of hydrogen-bond acceptors (Lipinski definition) is 10. The van der Waals surface area contributed by atoms with E-state index >= 15 is 0 Å². The fourth-order valence-electron chi connectivity index (χ4n) is 6.28. The van der Waals surface area contributed by atoms with Gasteiger partial charge in [-0.05, 0) is 38.5 Å². The number of rotatable bonds is 33. The van der Waals surface area contributed by atoms with Crippen molar-refractivity contribution >= 4 is 16.3 Å². The van der Waals surface area contributed by atoms with Crippen LogP contribution in [0.4, 0.5) is 0 Å². The maximum absolute atomic E-state index is 12.9. The number of aliphatic hydroxyl groups is 4. The van der Waals surface area contributed by atoms with Crippen molar-refractivity contribution in [2.45, 2.75) is 204 Å². The van der Waals surface area contributed by atoms with E-state index in [1.807, 2.05) is 6.08 Å². The second-order valence-electron chi connectivity index (χ2n) is 14.2. The van der Waals surface area contributed by atoms with E-state index in [2.05, 4.69) is 35.5 Å². The molecule has 0 aliphatic carbocycles. The molecule has 52 heavy (non-hydrogen) atoms. The molecule has 12 nitrogen and oxygen atoms in total. The summed E-state index contributed by atoms with van der Waals surface area (Å²) in [6.45, 7) is 3.30. The van der Waals surface area contributed by atoms with Crippen LogP contribution in [-0.4, -0.2) is 95.4 Å². The minimum Gasteiger partial charge on any atom is -0.394 e. The van der Waals surface area contributed by atoms with Crippen LogP contribution in [0.25, 0.3) is 0 Å². The molecule has 6 N–H and O–H groups in total. The summed E-state index contributed by atoms with van der Waals surface area (Å²) >= 11 is 0. The Morgan fingerprint density at radius 2 is 1.23 bits per heavy atom. The van der Waals surface area contributed by atoms with Crippen molar-refractivity contribution in [2.24, 2.45) is 0 Å². The van der Waals surface area contributed by atoms with E-state index in [0.717, 1.165) is 38.5 Å². The first kappa shape index (κ1) is 48.6. The van der Waals surface area contributed by atoms with Gasteiger partial charge in [0.15, 0.2) is 6.29 Å². The highest BCUT2D eigenvalue weighted by atomic mass is 32.3. The third kappa shape index (κ3) is 24.1. The number of nitrogens with one attached hydrogen (secondary N) is 1. The van der Waals surface area contributed by atoms with Crippen LogP contribution >= 0.6 is 0 Å². The molecule has 7 unspecified atom stereocenters. The van der Waals surface area contributed by atoms with Crippen LogP contribution in [0.5, 0.6) is 0 Å². The minimum absolute atomic E-state index is 0.220.